The van der Waals surface area contributed by atoms with Crippen LogP contribution in [-0.2, 0) is 4.74 Å². The number of halogens is 1. The molecule has 0 rings (SSSR count). The van der Waals surface area contributed by atoms with Crippen LogP contribution in [0.15, 0.2) is 0 Å². The number of nitrogens with one attached hydrogen (secondary N) is 1. The lowest BCUT2D eigenvalue weighted by Crippen LogP contribution is -2.25. The first kappa shape index (κ1) is 13.1. The molecule has 1 amide bonds. The molecule has 4 heteroatoms. The Morgan fingerprint density at radius 2 is 2.07 bits per heavy atom. The smallest absolute Gasteiger partial charge is 0.408 e. The maximum absolute atomic E-state index is 10.8. The molecule has 80 valence electrons. The Kier molecular flexibility index (Phi) is 9.56. The Balaban J connectivity index is 3.11. The normalized spacial score (nSPS) is 9.14. The number of terminal acetylenes is 1. The highest BCUT2D eigenvalue weighted by molar-refractivity contribution is 6.17. The van der Waals surface area contributed by atoms with Gasteiger partial charge >= 0.3 is 6.09 Å². The Bertz CT molecular complexity index is 189. The van der Waals surface area contributed by atoms with E-state index >= 15 is 0 Å². The monoisotopic (exact) mass is 217 g/mol. The topological polar surface area (TPSA) is 38.3 Å². The summed E-state index contributed by atoms with van der Waals surface area (Å²) in [6, 6.07) is 0. The third-order valence-electron chi connectivity index (χ3n) is 1.62. The molecule has 0 aromatic carbocycles. The van der Waals surface area contributed by atoms with Crippen LogP contribution in [0.2, 0.25) is 0 Å². The van der Waals surface area contributed by atoms with Crippen LogP contribution in [0.25, 0.3) is 0 Å². The van der Waals surface area contributed by atoms with Gasteiger partial charge in [-0.15, -0.1) is 18.0 Å². The first-order chi connectivity index (χ1) is 6.81. The summed E-state index contributed by atoms with van der Waals surface area (Å²) in [6.45, 7) is 0.657. The number of hydrogen-bond donors (Lipinski definition) is 1. The van der Waals surface area contributed by atoms with Crippen LogP contribution >= 0.6 is 11.6 Å². The zero-order chi connectivity index (χ0) is 10.6. The molecule has 0 saturated heterocycles. The van der Waals surface area contributed by atoms with E-state index < -0.39 is 6.09 Å². The van der Waals surface area contributed by atoms with Gasteiger partial charge in [-0.1, -0.05) is 18.8 Å². The lowest BCUT2D eigenvalue weighted by atomic mass is 10.2. The molecular formula is C10H16ClNO2. The molecule has 0 aliphatic heterocycles. The molecule has 0 aromatic rings. The fraction of sp³-hybridized carbons (Fsp3) is 0.700. The molecule has 3 nitrogen and oxygen atoms in total. The average molecular weight is 218 g/mol. The molecular weight excluding hydrogens is 202 g/mol. The van der Waals surface area contributed by atoms with Crippen molar-refractivity contribution < 1.29 is 9.53 Å². The summed E-state index contributed by atoms with van der Waals surface area (Å²) in [6.07, 6.45) is 8.63. The average Bonchev–Trinajstić information content (AvgIpc) is 2.20. The van der Waals surface area contributed by atoms with Crippen molar-refractivity contribution in [2.75, 3.05) is 19.0 Å². The quantitative estimate of drug-likeness (QED) is 0.403. The van der Waals surface area contributed by atoms with E-state index in [9.17, 15) is 4.79 Å². The van der Waals surface area contributed by atoms with Gasteiger partial charge in [-0.3, -0.25) is 0 Å². The summed E-state index contributed by atoms with van der Waals surface area (Å²) in [7, 11) is 0. The second-order valence-corrected chi connectivity index (χ2v) is 3.19. The van der Waals surface area contributed by atoms with Gasteiger partial charge in [0.15, 0.2) is 6.61 Å². The van der Waals surface area contributed by atoms with Gasteiger partial charge in [-0.2, -0.15) is 0 Å². The maximum Gasteiger partial charge on any atom is 0.408 e. The van der Waals surface area contributed by atoms with Crippen molar-refractivity contribution >= 4 is 17.7 Å². The Morgan fingerprint density at radius 3 is 2.71 bits per heavy atom. The second kappa shape index (κ2) is 10.2. The predicted octanol–water partition coefficient (Wildman–Crippen LogP) is 2.15. The van der Waals surface area contributed by atoms with Crippen LogP contribution in [-0.4, -0.2) is 25.1 Å². The number of alkyl carbamates (subject to hydrolysis) is 1. The third kappa shape index (κ3) is 9.21. The van der Waals surface area contributed by atoms with Gasteiger partial charge in [0.1, 0.15) is 0 Å². The number of amides is 1. The van der Waals surface area contributed by atoms with Gasteiger partial charge in [-0.25, -0.2) is 4.79 Å². The zero-order valence-corrected chi connectivity index (χ0v) is 8.98. The summed E-state index contributed by atoms with van der Waals surface area (Å²) < 4.78 is 4.61. The molecule has 0 unspecified atom stereocenters. The van der Waals surface area contributed by atoms with E-state index in [1.54, 1.807) is 0 Å². The largest absolute Gasteiger partial charge is 0.436 e. The number of carbonyl (C=O) groups is 1. The molecule has 0 bridgehead atoms. The second-order valence-electron chi connectivity index (χ2n) is 2.81. The standard InChI is InChI=1S/C10H16ClNO2/c1-2-9-14-10(13)12-8-6-4-3-5-7-11/h1H,3-9H2,(H,12,13). The Hall–Kier alpha value is -0.880. The van der Waals surface area contributed by atoms with Gasteiger partial charge in [0.2, 0.25) is 0 Å². The first-order valence-electron chi connectivity index (χ1n) is 4.71. The molecule has 1 N–H and O–H groups in total. The molecule has 0 heterocycles. The Labute approximate surface area is 90.2 Å². The molecule has 0 spiro atoms. The van der Waals surface area contributed by atoms with Gasteiger partial charge in [-0.05, 0) is 12.8 Å². The highest BCUT2D eigenvalue weighted by atomic mass is 35.5. The minimum Gasteiger partial charge on any atom is -0.436 e. The van der Waals surface area contributed by atoms with Crippen molar-refractivity contribution in [3.8, 4) is 12.3 Å². The number of ether oxygens (including phenoxy) is 1. The minimum atomic E-state index is -0.444. The zero-order valence-electron chi connectivity index (χ0n) is 8.22. The molecule has 0 aliphatic carbocycles. The lowest BCUT2D eigenvalue weighted by molar-refractivity contribution is 0.160. The van der Waals surface area contributed by atoms with Gasteiger partial charge in [0.05, 0.1) is 0 Å². The van der Waals surface area contributed by atoms with Crippen molar-refractivity contribution in [3.63, 3.8) is 0 Å². The maximum atomic E-state index is 10.8. The van der Waals surface area contributed by atoms with E-state index in [1.807, 2.05) is 0 Å². The molecule has 0 aliphatic rings. The minimum absolute atomic E-state index is 0.0259. The first-order valence-corrected chi connectivity index (χ1v) is 5.24. The summed E-state index contributed by atoms with van der Waals surface area (Å²) in [5.41, 5.74) is 0. The number of rotatable bonds is 7. The molecule has 14 heavy (non-hydrogen) atoms. The summed E-state index contributed by atoms with van der Waals surface area (Å²) in [5.74, 6) is 2.93. The van der Waals surface area contributed by atoms with Crippen LogP contribution in [0.5, 0.6) is 0 Å². The summed E-state index contributed by atoms with van der Waals surface area (Å²) in [4.78, 5) is 10.8. The van der Waals surface area contributed by atoms with Crippen LogP contribution in [0.1, 0.15) is 25.7 Å². The van der Waals surface area contributed by atoms with Crippen molar-refractivity contribution in [2.45, 2.75) is 25.7 Å². The van der Waals surface area contributed by atoms with Crippen LogP contribution in [0.3, 0.4) is 0 Å². The van der Waals surface area contributed by atoms with Gasteiger partial charge in [0, 0.05) is 12.4 Å². The van der Waals surface area contributed by atoms with Crippen molar-refractivity contribution in [1.82, 2.24) is 5.32 Å². The highest BCUT2D eigenvalue weighted by Crippen LogP contribution is 1.99. The van der Waals surface area contributed by atoms with Crippen LogP contribution in [0, 0.1) is 12.3 Å². The van der Waals surface area contributed by atoms with E-state index in [0.717, 1.165) is 25.7 Å². The van der Waals surface area contributed by atoms with E-state index in [-0.39, 0.29) is 6.61 Å². The summed E-state index contributed by atoms with van der Waals surface area (Å²) >= 11 is 5.51. The molecule has 0 atom stereocenters. The van der Waals surface area contributed by atoms with E-state index in [2.05, 4.69) is 16.0 Å². The van der Waals surface area contributed by atoms with E-state index in [4.69, 9.17) is 18.0 Å². The highest BCUT2D eigenvalue weighted by Gasteiger charge is 1.98. The van der Waals surface area contributed by atoms with Crippen molar-refractivity contribution in [2.24, 2.45) is 0 Å². The molecule has 0 radical (unpaired) electrons. The number of unbranched alkanes of at least 4 members (excludes halogenated alkanes) is 3. The Morgan fingerprint density at radius 1 is 1.36 bits per heavy atom. The molecule has 0 aromatic heterocycles. The SMILES string of the molecule is C#CCOC(=O)NCCCCCCCl. The number of alkyl halides is 1. The van der Waals surface area contributed by atoms with Crippen LogP contribution in [0.4, 0.5) is 4.79 Å². The van der Waals surface area contributed by atoms with Gasteiger partial charge < -0.3 is 10.1 Å². The lowest BCUT2D eigenvalue weighted by Gasteiger charge is -2.03. The van der Waals surface area contributed by atoms with Crippen molar-refractivity contribution in [1.29, 1.82) is 0 Å². The van der Waals surface area contributed by atoms with Gasteiger partial charge in [0.25, 0.3) is 0 Å². The fourth-order valence-corrected chi connectivity index (χ4v) is 1.11. The molecule has 0 fully saturated rings. The molecule has 0 saturated carbocycles. The summed E-state index contributed by atoms with van der Waals surface area (Å²) in [5, 5.41) is 2.60. The third-order valence-corrected chi connectivity index (χ3v) is 1.88. The number of hydrogen-bond acceptors (Lipinski definition) is 2. The van der Waals surface area contributed by atoms with E-state index in [1.165, 1.54) is 0 Å². The van der Waals surface area contributed by atoms with Crippen molar-refractivity contribution in [3.05, 3.63) is 0 Å². The fourth-order valence-electron chi connectivity index (χ4n) is 0.922. The van der Waals surface area contributed by atoms with E-state index in [0.29, 0.717) is 12.4 Å². The van der Waals surface area contributed by atoms with Crippen LogP contribution < -0.4 is 5.32 Å². The number of carbonyl (C=O) groups excluding carboxylic acids is 1. The predicted molar refractivity (Wildman–Crippen MR) is 57.4 cm³/mol.